The zero-order valence-corrected chi connectivity index (χ0v) is 22.4. The Bertz CT molecular complexity index is 1390. The second-order valence-electron chi connectivity index (χ2n) is 12.2. The summed E-state index contributed by atoms with van der Waals surface area (Å²) in [5, 5.41) is 17.8. The molecule has 3 aliphatic rings. The molecule has 1 atom stereocenters. The largest absolute Gasteiger partial charge is 0.389 e. The first-order valence-corrected chi connectivity index (χ1v) is 13.8. The normalized spacial score (nSPS) is 23.8. The van der Waals surface area contributed by atoms with Gasteiger partial charge in [-0.05, 0) is 70.3 Å². The van der Waals surface area contributed by atoms with Gasteiger partial charge in [0.25, 0.3) is 5.91 Å². The fraction of sp³-hybridized carbons (Fsp3) is 0.552. The number of pyridine rings is 1. The van der Waals surface area contributed by atoms with Gasteiger partial charge < -0.3 is 26.1 Å². The van der Waals surface area contributed by atoms with E-state index < -0.39 is 16.9 Å². The maximum Gasteiger partial charge on any atom is 0.252 e. The molecule has 202 valence electrons. The van der Waals surface area contributed by atoms with Gasteiger partial charge in [-0.1, -0.05) is 12.1 Å². The predicted octanol–water partition coefficient (Wildman–Crippen LogP) is 2.13. The number of aromatic nitrogens is 2. The van der Waals surface area contributed by atoms with Gasteiger partial charge in [0.2, 0.25) is 0 Å². The molecule has 0 aliphatic carbocycles. The lowest BCUT2D eigenvalue weighted by atomic mass is 9.78. The summed E-state index contributed by atoms with van der Waals surface area (Å²) >= 11 is 0. The molecule has 5 heterocycles. The van der Waals surface area contributed by atoms with Gasteiger partial charge in [0.15, 0.2) is 0 Å². The molecule has 1 amide bonds. The minimum Gasteiger partial charge on any atom is -0.389 e. The van der Waals surface area contributed by atoms with Crippen LogP contribution in [-0.2, 0) is 4.79 Å². The highest BCUT2D eigenvalue weighted by Gasteiger charge is 2.45. The van der Waals surface area contributed by atoms with Gasteiger partial charge in [-0.15, -0.1) is 0 Å². The Morgan fingerprint density at radius 1 is 1.21 bits per heavy atom. The molecule has 1 aromatic carbocycles. The highest BCUT2D eigenvalue weighted by Crippen LogP contribution is 2.38. The van der Waals surface area contributed by atoms with Crippen molar-refractivity contribution in [3.05, 3.63) is 41.7 Å². The minimum atomic E-state index is -0.694. The van der Waals surface area contributed by atoms with E-state index in [9.17, 15) is 14.7 Å². The number of likely N-dealkylation sites (tertiary alicyclic amines) is 1. The number of hydrogen-bond donors (Lipinski definition) is 3. The Labute approximate surface area is 222 Å². The molecule has 1 spiro atoms. The topological polar surface area (TPSA) is 117 Å². The van der Waals surface area contributed by atoms with Gasteiger partial charge in [-0.2, -0.15) is 0 Å². The van der Waals surface area contributed by atoms with Crippen LogP contribution < -0.4 is 16.1 Å². The van der Waals surface area contributed by atoms with Crippen LogP contribution in [0.2, 0.25) is 0 Å². The van der Waals surface area contributed by atoms with E-state index in [0.29, 0.717) is 49.9 Å². The Balaban J connectivity index is 1.43. The number of nitrogens with zero attached hydrogens (tertiary/aromatic N) is 4. The van der Waals surface area contributed by atoms with Crippen molar-refractivity contribution in [3.8, 4) is 0 Å². The number of nitrogens with one attached hydrogen (secondary N) is 1. The highest BCUT2D eigenvalue weighted by molar-refractivity contribution is 6.15. The van der Waals surface area contributed by atoms with E-state index >= 15 is 0 Å². The number of ketones is 1. The number of primary amides is 1. The molecule has 3 fully saturated rings. The van der Waals surface area contributed by atoms with E-state index in [0.717, 1.165) is 60.7 Å². The lowest BCUT2D eigenvalue weighted by Gasteiger charge is -2.41. The summed E-state index contributed by atoms with van der Waals surface area (Å²) < 4.78 is 2.16. The van der Waals surface area contributed by atoms with Crippen molar-refractivity contribution in [1.82, 2.24) is 19.9 Å². The summed E-state index contributed by atoms with van der Waals surface area (Å²) in [7, 11) is 0. The SMILES string of the molecule is CC(C)(O)CN1CCC(c2ccc3c4cncc(C(N)=O)c4n(N4CCC(=O)[C@@]5(CCNC5)C4)c3c2)CC1. The van der Waals surface area contributed by atoms with Crippen LogP contribution in [-0.4, -0.2) is 82.8 Å². The number of carbonyl (C=O) groups is 2. The number of nitrogens with two attached hydrogens (primary N) is 1. The standard InChI is InChI=1S/C29H38N6O3/c1-28(2,38)17-33-10-5-19(6-11-33)20-3-4-21-22-14-32-15-23(27(30)37)26(22)35(24(21)13-20)34-12-7-25(36)29(18-34)8-9-31-16-29/h3-4,13-15,19,31,38H,5-12,16-18H2,1-2H3,(H2,30,37)/t29-/m1/s1. The Kier molecular flexibility index (Phi) is 6.20. The molecule has 0 bridgehead atoms. The summed E-state index contributed by atoms with van der Waals surface area (Å²) in [4.78, 5) is 32.3. The highest BCUT2D eigenvalue weighted by atomic mass is 16.3. The van der Waals surface area contributed by atoms with Gasteiger partial charge >= 0.3 is 0 Å². The summed E-state index contributed by atoms with van der Waals surface area (Å²) in [5.74, 6) is 0.248. The van der Waals surface area contributed by atoms with Crippen LogP contribution in [0.25, 0.3) is 21.8 Å². The number of β-amino-alcohol motifs (C(OH)–C–C–N with tert-alkyl or cyclic N) is 1. The maximum atomic E-state index is 13.0. The van der Waals surface area contributed by atoms with Crippen LogP contribution in [0, 0.1) is 5.41 Å². The zero-order valence-electron chi connectivity index (χ0n) is 22.4. The quantitative estimate of drug-likeness (QED) is 0.474. The molecule has 9 nitrogen and oxygen atoms in total. The number of hydrogen-bond acceptors (Lipinski definition) is 7. The third-order valence-electron chi connectivity index (χ3n) is 8.80. The fourth-order valence-electron chi connectivity index (χ4n) is 6.95. The number of rotatable bonds is 5. The second kappa shape index (κ2) is 9.32. The average Bonchev–Trinajstić information content (AvgIpc) is 3.48. The molecule has 0 unspecified atom stereocenters. The predicted molar refractivity (Wildman–Crippen MR) is 148 cm³/mol. The molecule has 3 saturated heterocycles. The number of amides is 1. The number of piperidine rings is 2. The summed E-state index contributed by atoms with van der Waals surface area (Å²) in [6.07, 6.45) is 6.75. The van der Waals surface area contributed by atoms with Gasteiger partial charge in [-0.3, -0.25) is 19.2 Å². The molecule has 4 N–H and O–H groups in total. The lowest BCUT2D eigenvalue weighted by molar-refractivity contribution is -0.128. The number of benzene rings is 1. The van der Waals surface area contributed by atoms with Crippen LogP contribution in [0.1, 0.15) is 61.4 Å². The van der Waals surface area contributed by atoms with Crippen LogP contribution in [0.5, 0.6) is 0 Å². The molecular formula is C29H38N6O3. The van der Waals surface area contributed by atoms with Crippen LogP contribution in [0.15, 0.2) is 30.6 Å². The zero-order chi connectivity index (χ0) is 26.7. The van der Waals surface area contributed by atoms with Crippen LogP contribution >= 0.6 is 0 Å². The number of aliphatic hydroxyl groups is 1. The molecule has 2 aromatic heterocycles. The van der Waals surface area contributed by atoms with E-state index in [1.165, 1.54) is 5.56 Å². The summed E-state index contributed by atoms with van der Waals surface area (Å²) in [6.45, 7) is 9.06. The second-order valence-corrected chi connectivity index (χ2v) is 12.2. The van der Waals surface area contributed by atoms with E-state index in [2.05, 4.69) is 43.1 Å². The molecular weight excluding hydrogens is 480 g/mol. The molecule has 38 heavy (non-hydrogen) atoms. The maximum absolute atomic E-state index is 13.0. The summed E-state index contributed by atoms with van der Waals surface area (Å²) in [5.41, 5.74) is 8.24. The molecule has 0 saturated carbocycles. The Morgan fingerprint density at radius 2 is 2.00 bits per heavy atom. The minimum absolute atomic E-state index is 0.329. The van der Waals surface area contributed by atoms with E-state index in [-0.39, 0.29) is 0 Å². The fourth-order valence-corrected chi connectivity index (χ4v) is 6.95. The molecule has 3 aromatic rings. The van der Waals surface area contributed by atoms with Crippen LogP contribution in [0.3, 0.4) is 0 Å². The molecule has 6 rings (SSSR count). The number of carbonyl (C=O) groups excluding carboxylic acids is 2. The number of fused-ring (bicyclic) bond motifs is 3. The third kappa shape index (κ3) is 4.36. The molecule has 9 heteroatoms. The average molecular weight is 519 g/mol. The Morgan fingerprint density at radius 3 is 2.68 bits per heavy atom. The van der Waals surface area contributed by atoms with Crippen molar-refractivity contribution < 1.29 is 14.7 Å². The van der Waals surface area contributed by atoms with Crippen molar-refractivity contribution in [3.63, 3.8) is 0 Å². The van der Waals surface area contributed by atoms with Crippen molar-refractivity contribution in [2.75, 3.05) is 50.8 Å². The first-order chi connectivity index (χ1) is 18.2. The van der Waals surface area contributed by atoms with Crippen molar-refractivity contribution in [2.45, 2.75) is 51.0 Å². The first-order valence-electron chi connectivity index (χ1n) is 13.8. The van der Waals surface area contributed by atoms with Crippen LogP contribution in [0.4, 0.5) is 0 Å². The third-order valence-corrected chi connectivity index (χ3v) is 8.80. The van der Waals surface area contributed by atoms with Crippen molar-refractivity contribution >= 4 is 33.5 Å². The lowest BCUT2D eigenvalue weighted by Crippen LogP contribution is -2.54. The van der Waals surface area contributed by atoms with Gasteiger partial charge in [0, 0.05) is 55.8 Å². The van der Waals surface area contributed by atoms with Gasteiger partial charge in [0.1, 0.15) is 5.78 Å². The Hall–Kier alpha value is -3.01. The summed E-state index contributed by atoms with van der Waals surface area (Å²) in [6, 6.07) is 6.63. The first kappa shape index (κ1) is 25.3. The van der Waals surface area contributed by atoms with Gasteiger partial charge in [0.05, 0.1) is 27.6 Å². The van der Waals surface area contributed by atoms with E-state index in [1.807, 2.05) is 20.0 Å². The molecule has 0 radical (unpaired) electrons. The molecule has 3 aliphatic heterocycles. The monoisotopic (exact) mass is 518 g/mol. The smallest absolute Gasteiger partial charge is 0.252 e. The van der Waals surface area contributed by atoms with E-state index in [1.54, 1.807) is 6.20 Å². The van der Waals surface area contributed by atoms with Crippen molar-refractivity contribution in [1.29, 1.82) is 0 Å². The van der Waals surface area contributed by atoms with E-state index in [4.69, 9.17) is 5.73 Å². The number of Topliss-reactive ketones (excluding diaryl/α,β-unsaturated/α-hetero) is 1. The van der Waals surface area contributed by atoms with Gasteiger partial charge in [-0.25, -0.2) is 0 Å². The van der Waals surface area contributed by atoms with Crippen molar-refractivity contribution in [2.24, 2.45) is 11.1 Å².